The Morgan fingerprint density at radius 2 is 2.11 bits per heavy atom. The molecule has 3 heteroatoms. The lowest BCUT2D eigenvalue weighted by atomic mass is 10.0. The van der Waals surface area contributed by atoms with Crippen LogP contribution in [0.25, 0.3) is 0 Å². The predicted molar refractivity (Wildman–Crippen MR) is 68.6 cm³/mol. The highest BCUT2D eigenvalue weighted by Gasteiger charge is 2.30. The molecule has 0 spiro atoms. The topological polar surface area (TPSA) is 38.7 Å². The van der Waals surface area contributed by atoms with Crippen LogP contribution < -0.4 is 4.74 Å². The Balaban J connectivity index is 1.70. The van der Waals surface area contributed by atoms with Gasteiger partial charge in [0.1, 0.15) is 11.9 Å². The number of aliphatic hydroxyl groups is 1. The van der Waals surface area contributed by atoms with Gasteiger partial charge in [0, 0.05) is 0 Å². The normalized spacial score (nSPS) is 29.2. The maximum absolute atomic E-state index is 10.3. The van der Waals surface area contributed by atoms with Crippen molar-refractivity contribution in [3.63, 3.8) is 0 Å². The van der Waals surface area contributed by atoms with E-state index in [4.69, 9.17) is 9.47 Å². The van der Waals surface area contributed by atoms with Gasteiger partial charge in [-0.2, -0.15) is 0 Å². The van der Waals surface area contributed by atoms with E-state index in [2.05, 4.69) is 6.92 Å². The Hall–Kier alpha value is -1.06. The number of aliphatic hydroxyl groups excluding tert-OH is 1. The van der Waals surface area contributed by atoms with Crippen molar-refractivity contribution < 1.29 is 14.6 Å². The summed E-state index contributed by atoms with van der Waals surface area (Å²) in [6, 6.07) is 7.77. The molecular weight excluding hydrogens is 228 g/mol. The fourth-order valence-electron chi connectivity index (χ4n) is 2.43. The number of ether oxygens (including phenoxy) is 2. The molecule has 18 heavy (non-hydrogen) atoms. The van der Waals surface area contributed by atoms with E-state index in [9.17, 15) is 5.11 Å². The third kappa shape index (κ3) is 2.68. The predicted octanol–water partition coefficient (Wildman–Crippen LogP) is 2.83. The van der Waals surface area contributed by atoms with Gasteiger partial charge in [0.05, 0.1) is 18.3 Å². The molecule has 1 aliphatic heterocycles. The average Bonchev–Trinajstić information content (AvgIpc) is 3.08. The third-order valence-corrected chi connectivity index (χ3v) is 3.64. The van der Waals surface area contributed by atoms with E-state index >= 15 is 0 Å². The second kappa shape index (κ2) is 4.90. The van der Waals surface area contributed by atoms with Crippen molar-refractivity contribution in [2.24, 2.45) is 0 Å². The van der Waals surface area contributed by atoms with Gasteiger partial charge in [-0.1, -0.05) is 12.1 Å². The van der Waals surface area contributed by atoms with Gasteiger partial charge in [-0.25, -0.2) is 0 Å². The lowest BCUT2D eigenvalue weighted by Crippen LogP contribution is -2.18. The SMILES string of the molecule is CC1CCC(C(O)c2cccc(OC3CC3)c2)O1. The van der Waals surface area contributed by atoms with Gasteiger partial charge in [0.25, 0.3) is 0 Å². The van der Waals surface area contributed by atoms with E-state index < -0.39 is 6.10 Å². The molecule has 2 aliphatic rings. The minimum atomic E-state index is -0.544. The minimum absolute atomic E-state index is 0.0730. The standard InChI is InChI=1S/C15H20O3/c1-10-5-8-14(17-10)15(16)11-3-2-4-13(9-11)18-12-6-7-12/h2-4,9-10,12,14-16H,5-8H2,1H3. The van der Waals surface area contributed by atoms with E-state index in [1.807, 2.05) is 24.3 Å². The fraction of sp³-hybridized carbons (Fsp3) is 0.600. The van der Waals surface area contributed by atoms with E-state index in [1.165, 1.54) is 0 Å². The largest absolute Gasteiger partial charge is 0.490 e. The second-order valence-corrected chi connectivity index (χ2v) is 5.40. The molecule has 1 aromatic carbocycles. The van der Waals surface area contributed by atoms with Crippen LogP contribution in [0.15, 0.2) is 24.3 Å². The first-order valence-corrected chi connectivity index (χ1v) is 6.82. The monoisotopic (exact) mass is 248 g/mol. The molecule has 98 valence electrons. The summed E-state index contributed by atoms with van der Waals surface area (Å²) in [5, 5.41) is 10.3. The fourth-order valence-corrected chi connectivity index (χ4v) is 2.43. The summed E-state index contributed by atoms with van der Waals surface area (Å²) in [5.74, 6) is 0.861. The van der Waals surface area contributed by atoms with Crippen LogP contribution in [0.3, 0.4) is 0 Å². The average molecular weight is 248 g/mol. The van der Waals surface area contributed by atoms with Crippen LogP contribution in [-0.2, 0) is 4.74 Å². The summed E-state index contributed by atoms with van der Waals surface area (Å²) in [5.41, 5.74) is 0.896. The molecule has 1 heterocycles. The van der Waals surface area contributed by atoms with Crippen molar-refractivity contribution in [2.45, 2.75) is 57.0 Å². The molecule has 2 fully saturated rings. The smallest absolute Gasteiger partial charge is 0.120 e. The van der Waals surface area contributed by atoms with Gasteiger partial charge in [-0.05, 0) is 50.3 Å². The quantitative estimate of drug-likeness (QED) is 0.890. The van der Waals surface area contributed by atoms with Crippen LogP contribution in [0.4, 0.5) is 0 Å². The Bertz CT molecular complexity index is 414. The molecule has 0 amide bonds. The van der Waals surface area contributed by atoms with Crippen molar-refractivity contribution in [3.8, 4) is 5.75 Å². The zero-order chi connectivity index (χ0) is 12.5. The van der Waals surface area contributed by atoms with E-state index in [0.29, 0.717) is 6.10 Å². The molecule has 1 N–H and O–H groups in total. The molecule has 1 aromatic rings. The highest BCUT2D eigenvalue weighted by atomic mass is 16.5. The lowest BCUT2D eigenvalue weighted by Gasteiger charge is -2.19. The number of rotatable bonds is 4. The van der Waals surface area contributed by atoms with Crippen LogP contribution >= 0.6 is 0 Å². The van der Waals surface area contributed by atoms with Gasteiger partial charge < -0.3 is 14.6 Å². The van der Waals surface area contributed by atoms with Gasteiger partial charge in [0.15, 0.2) is 0 Å². The molecule has 3 atom stereocenters. The first kappa shape index (κ1) is 12.0. The molecule has 3 nitrogen and oxygen atoms in total. The molecule has 1 saturated carbocycles. The summed E-state index contributed by atoms with van der Waals surface area (Å²) in [6.45, 7) is 2.05. The van der Waals surface area contributed by atoms with Crippen LogP contribution in [0.2, 0.25) is 0 Å². The van der Waals surface area contributed by atoms with Gasteiger partial charge in [-0.3, -0.25) is 0 Å². The van der Waals surface area contributed by atoms with E-state index in [-0.39, 0.29) is 12.2 Å². The second-order valence-electron chi connectivity index (χ2n) is 5.40. The number of hydrogen-bond acceptors (Lipinski definition) is 3. The van der Waals surface area contributed by atoms with Crippen molar-refractivity contribution in [3.05, 3.63) is 29.8 Å². The molecule has 0 radical (unpaired) electrons. The summed E-state index contributed by atoms with van der Waals surface area (Å²) < 4.78 is 11.5. The van der Waals surface area contributed by atoms with Crippen LogP contribution in [0, 0.1) is 0 Å². The van der Waals surface area contributed by atoms with Gasteiger partial charge in [0.2, 0.25) is 0 Å². The molecule has 1 saturated heterocycles. The van der Waals surface area contributed by atoms with E-state index in [0.717, 1.165) is 37.0 Å². The van der Waals surface area contributed by atoms with Gasteiger partial charge >= 0.3 is 0 Å². The third-order valence-electron chi connectivity index (χ3n) is 3.64. The molecule has 0 bridgehead atoms. The zero-order valence-electron chi connectivity index (χ0n) is 10.7. The van der Waals surface area contributed by atoms with Gasteiger partial charge in [-0.15, -0.1) is 0 Å². The first-order chi connectivity index (χ1) is 8.72. The van der Waals surface area contributed by atoms with Crippen molar-refractivity contribution in [2.75, 3.05) is 0 Å². The number of benzene rings is 1. The van der Waals surface area contributed by atoms with Crippen molar-refractivity contribution in [1.29, 1.82) is 0 Å². The van der Waals surface area contributed by atoms with Crippen molar-refractivity contribution >= 4 is 0 Å². The highest BCUT2D eigenvalue weighted by molar-refractivity contribution is 5.31. The summed E-state index contributed by atoms with van der Waals surface area (Å²) in [6.07, 6.45) is 4.28. The van der Waals surface area contributed by atoms with Crippen LogP contribution in [-0.4, -0.2) is 23.4 Å². The summed E-state index contributed by atoms with van der Waals surface area (Å²) >= 11 is 0. The zero-order valence-corrected chi connectivity index (χ0v) is 10.7. The molecular formula is C15H20O3. The molecule has 3 unspecified atom stereocenters. The minimum Gasteiger partial charge on any atom is -0.490 e. The Morgan fingerprint density at radius 1 is 1.28 bits per heavy atom. The first-order valence-electron chi connectivity index (χ1n) is 6.82. The maximum Gasteiger partial charge on any atom is 0.120 e. The summed E-state index contributed by atoms with van der Waals surface area (Å²) in [4.78, 5) is 0. The molecule has 0 aromatic heterocycles. The van der Waals surface area contributed by atoms with E-state index in [1.54, 1.807) is 0 Å². The Kier molecular flexibility index (Phi) is 3.27. The molecule has 3 rings (SSSR count). The Morgan fingerprint density at radius 3 is 2.78 bits per heavy atom. The van der Waals surface area contributed by atoms with Crippen molar-refractivity contribution in [1.82, 2.24) is 0 Å². The van der Waals surface area contributed by atoms with Crippen LogP contribution in [0.5, 0.6) is 5.75 Å². The van der Waals surface area contributed by atoms with Crippen LogP contribution in [0.1, 0.15) is 44.3 Å². The number of hydrogen-bond donors (Lipinski definition) is 1. The highest BCUT2D eigenvalue weighted by Crippen LogP contribution is 2.32. The molecule has 1 aliphatic carbocycles. The maximum atomic E-state index is 10.3. The summed E-state index contributed by atoms with van der Waals surface area (Å²) in [7, 11) is 0. The lowest BCUT2D eigenvalue weighted by molar-refractivity contribution is -0.0298. The Labute approximate surface area is 108 Å².